The van der Waals surface area contributed by atoms with Crippen LogP contribution < -0.4 is 5.32 Å². The summed E-state index contributed by atoms with van der Waals surface area (Å²) >= 11 is 0. The minimum atomic E-state index is -0.870. The maximum absolute atomic E-state index is 13.1. The molecule has 8 heteroatoms. The number of amides is 2. The maximum atomic E-state index is 13.1. The lowest BCUT2D eigenvalue weighted by atomic mass is 9.98. The predicted molar refractivity (Wildman–Crippen MR) is 132 cm³/mol. The van der Waals surface area contributed by atoms with Crippen molar-refractivity contribution in [2.75, 3.05) is 32.8 Å². The van der Waals surface area contributed by atoms with Crippen molar-refractivity contribution in [1.82, 2.24) is 15.1 Å². The molecule has 1 unspecified atom stereocenters. The van der Waals surface area contributed by atoms with Gasteiger partial charge in [0.25, 0.3) is 0 Å². The molecule has 4 rings (SSSR count). The highest BCUT2D eigenvalue weighted by molar-refractivity contribution is 5.86. The van der Waals surface area contributed by atoms with Crippen LogP contribution in [0.4, 0.5) is 4.79 Å². The third-order valence-electron chi connectivity index (χ3n) is 7.04. The number of alkyl carbamates (subject to hydrolysis) is 1. The van der Waals surface area contributed by atoms with Gasteiger partial charge in [0, 0.05) is 32.1 Å². The lowest BCUT2D eigenvalue weighted by Crippen LogP contribution is -2.57. The van der Waals surface area contributed by atoms with Crippen LogP contribution in [0.25, 0.3) is 11.1 Å². The largest absolute Gasteiger partial charge is 0.480 e. The Morgan fingerprint density at radius 2 is 1.57 bits per heavy atom. The Morgan fingerprint density at radius 3 is 2.11 bits per heavy atom. The molecular formula is C27H33N3O5. The molecule has 0 spiro atoms. The summed E-state index contributed by atoms with van der Waals surface area (Å²) in [4.78, 5) is 40.7. The molecule has 0 saturated carbocycles. The van der Waals surface area contributed by atoms with Crippen molar-refractivity contribution in [3.63, 3.8) is 0 Å². The summed E-state index contributed by atoms with van der Waals surface area (Å²) in [5, 5.41) is 12.0. The van der Waals surface area contributed by atoms with Crippen LogP contribution in [0.2, 0.25) is 0 Å². The van der Waals surface area contributed by atoms with Gasteiger partial charge in [0.1, 0.15) is 18.7 Å². The van der Waals surface area contributed by atoms with Crippen molar-refractivity contribution in [3.05, 3.63) is 59.7 Å². The van der Waals surface area contributed by atoms with E-state index in [2.05, 4.69) is 29.6 Å². The van der Waals surface area contributed by atoms with Crippen molar-refractivity contribution in [3.8, 4) is 11.1 Å². The predicted octanol–water partition coefficient (Wildman–Crippen LogP) is 3.31. The molecule has 186 valence electrons. The first-order chi connectivity index (χ1) is 16.9. The molecule has 0 radical (unpaired) electrons. The number of fused-ring (bicyclic) bond motifs is 3. The van der Waals surface area contributed by atoms with Crippen molar-refractivity contribution < 1.29 is 24.2 Å². The molecule has 1 heterocycles. The molecule has 8 nitrogen and oxygen atoms in total. The van der Waals surface area contributed by atoms with E-state index in [9.17, 15) is 19.5 Å². The average molecular weight is 480 g/mol. The highest BCUT2D eigenvalue weighted by Crippen LogP contribution is 2.44. The van der Waals surface area contributed by atoms with E-state index in [-0.39, 0.29) is 18.4 Å². The Hall–Kier alpha value is -3.39. The lowest BCUT2D eigenvalue weighted by Gasteiger charge is -2.38. The molecule has 2 aromatic rings. The second-order valence-corrected chi connectivity index (χ2v) is 9.19. The highest BCUT2D eigenvalue weighted by Gasteiger charge is 2.32. The van der Waals surface area contributed by atoms with E-state index in [1.807, 2.05) is 36.1 Å². The molecule has 1 aliphatic carbocycles. The lowest BCUT2D eigenvalue weighted by molar-refractivity contribution is -0.144. The zero-order chi connectivity index (χ0) is 24.9. The minimum Gasteiger partial charge on any atom is -0.480 e. The van der Waals surface area contributed by atoms with Crippen LogP contribution >= 0.6 is 0 Å². The number of piperazine rings is 1. The number of aliphatic carboxylic acids is 1. The molecule has 2 amide bonds. The molecule has 1 fully saturated rings. The first kappa shape index (κ1) is 24.7. The van der Waals surface area contributed by atoms with Gasteiger partial charge in [0.15, 0.2) is 0 Å². The van der Waals surface area contributed by atoms with Gasteiger partial charge in [-0.05, 0) is 35.6 Å². The normalized spacial score (nSPS) is 17.3. The number of carboxylic acid groups (broad SMARTS) is 1. The van der Waals surface area contributed by atoms with E-state index >= 15 is 0 Å². The molecule has 0 bridgehead atoms. The summed E-state index contributed by atoms with van der Waals surface area (Å²) in [5.41, 5.74) is 4.59. The van der Waals surface area contributed by atoms with E-state index < -0.39 is 24.1 Å². The van der Waals surface area contributed by atoms with Gasteiger partial charge in [-0.3, -0.25) is 14.5 Å². The van der Waals surface area contributed by atoms with E-state index in [1.54, 1.807) is 11.8 Å². The molecule has 1 saturated heterocycles. The molecular weight excluding hydrogens is 446 g/mol. The van der Waals surface area contributed by atoms with Gasteiger partial charge in [0.05, 0.1) is 0 Å². The number of carbonyl (C=O) groups is 3. The number of ether oxygens (including phenoxy) is 1. The second kappa shape index (κ2) is 10.9. The van der Waals surface area contributed by atoms with Crippen molar-refractivity contribution >= 4 is 18.0 Å². The van der Waals surface area contributed by atoms with Crippen LogP contribution in [0.5, 0.6) is 0 Å². The number of carboxylic acids is 1. The average Bonchev–Trinajstić information content (AvgIpc) is 3.20. The first-order valence-corrected chi connectivity index (χ1v) is 12.3. The van der Waals surface area contributed by atoms with Crippen molar-refractivity contribution in [2.45, 2.75) is 44.7 Å². The molecule has 2 N–H and O–H groups in total. The zero-order valence-electron chi connectivity index (χ0n) is 20.3. The third-order valence-corrected chi connectivity index (χ3v) is 7.04. The van der Waals surface area contributed by atoms with Crippen LogP contribution in [0.1, 0.15) is 43.7 Å². The van der Waals surface area contributed by atoms with Crippen molar-refractivity contribution in [2.24, 2.45) is 0 Å². The van der Waals surface area contributed by atoms with Gasteiger partial charge in [0.2, 0.25) is 5.91 Å². The molecule has 1 aliphatic heterocycles. The fourth-order valence-corrected chi connectivity index (χ4v) is 5.03. The highest BCUT2D eigenvalue weighted by atomic mass is 16.5. The number of benzene rings is 2. The zero-order valence-corrected chi connectivity index (χ0v) is 20.3. The Balaban J connectivity index is 1.35. The van der Waals surface area contributed by atoms with Crippen molar-refractivity contribution in [1.29, 1.82) is 0 Å². The van der Waals surface area contributed by atoms with E-state index in [4.69, 9.17) is 4.74 Å². The van der Waals surface area contributed by atoms with Gasteiger partial charge >= 0.3 is 12.1 Å². The van der Waals surface area contributed by atoms with Gasteiger partial charge in [-0.2, -0.15) is 0 Å². The summed E-state index contributed by atoms with van der Waals surface area (Å²) in [6.45, 7) is 5.65. The molecule has 2 aliphatic rings. The Labute approximate surface area is 205 Å². The Morgan fingerprint density at radius 1 is 1.00 bits per heavy atom. The van der Waals surface area contributed by atoms with Gasteiger partial charge in [-0.1, -0.05) is 61.9 Å². The Bertz CT molecular complexity index is 1030. The SMILES string of the molecule is CCC[C@@H](NC(=O)OCC1c2ccccc2-c2ccccc21)C(=O)N1CCN(C(C)C(=O)O)CC1. The molecule has 35 heavy (non-hydrogen) atoms. The van der Waals surface area contributed by atoms with E-state index in [0.29, 0.717) is 32.6 Å². The van der Waals surface area contributed by atoms with Crippen LogP contribution in [0.15, 0.2) is 48.5 Å². The number of hydrogen-bond donors (Lipinski definition) is 2. The minimum absolute atomic E-state index is 0.0437. The van der Waals surface area contributed by atoms with Gasteiger partial charge in [-0.15, -0.1) is 0 Å². The molecule has 2 aromatic carbocycles. The summed E-state index contributed by atoms with van der Waals surface area (Å²) < 4.78 is 5.63. The standard InChI is InChI=1S/C27H33N3O5/c1-3-8-24(25(31)30-15-13-29(14-16-30)18(2)26(32)33)28-27(34)35-17-23-21-11-6-4-9-19(21)20-10-5-7-12-22(20)23/h4-7,9-12,18,23-24H,3,8,13-17H2,1-2H3,(H,28,34)(H,32,33)/t18?,24-/m1/s1. The summed E-state index contributed by atoms with van der Waals surface area (Å²) in [6.07, 6.45) is 0.641. The summed E-state index contributed by atoms with van der Waals surface area (Å²) in [7, 11) is 0. The maximum Gasteiger partial charge on any atom is 0.407 e. The number of carbonyl (C=O) groups excluding carboxylic acids is 2. The van der Waals surface area contributed by atoms with E-state index in [0.717, 1.165) is 28.7 Å². The Kier molecular flexibility index (Phi) is 7.70. The number of nitrogens with one attached hydrogen (secondary N) is 1. The van der Waals surface area contributed by atoms with E-state index in [1.165, 1.54) is 0 Å². The molecule has 2 atom stereocenters. The van der Waals surface area contributed by atoms with Crippen LogP contribution in [-0.4, -0.2) is 77.7 Å². The van der Waals surface area contributed by atoms with Gasteiger partial charge in [-0.25, -0.2) is 4.79 Å². The van der Waals surface area contributed by atoms with Crippen LogP contribution in [0.3, 0.4) is 0 Å². The quantitative estimate of drug-likeness (QED) is 0.603. The smallest absolute Gasteiger partial charge is 0.407 e. The first-order valence-electron chi connectivity index (χ1n) is 12.3. The second-order valence-electron chi connectivity index (χ2n) is 9.19. The fourth-order valence-electron chi connectivity index (χ4n) is 5.03. The fraction of sp³-hybridized carbons (Fsp3) is 0.444. The number of hydrogen-bond acceptors (Lipinski definition) is 5. The number of nitrogens with zero attached hydrogens (tertiary/aromatic N) is 2. The topological polar surface area (TPSA) is 99.2 Å². The third kappa shape index (κ3) is 5.32. The number of rotatable bonds is 8. The summed E-state index contributed by atoms with van der Waals surface area (Å²) in [5.74, 6) is -1.06. The molecule has 0 aromatic heterocycles. The van der Waals surface area contributed by atoms with Crippen LogP contribution in [-0.2, 0) is 14.3 Å². The van der Waals surface area contributed by atoms with Crippen LogP contribution in [0, 0.1) is 0 Å². The van der Waals surface area contributed by atoms with Gasteiger partial charge < -0.3 is 20.1 Å². The monoisotopic (exact) mass is 479 g/mol. The summed E-state index contributed by atoms with van der Waals surface area (Å²) in [6, 6.07) is 15.0.